The molecule has 108 valence electrons. The fraction of sp³-hybridized carbons (Fsp3) is 0.750. The molecule has 20 heavy (non-hydrogen) atoms. The molecule has 3 aliphatic rings. The van der Waals surface area contributed by atoms with E-state index in [4.69, 9.17) is 5.73 Å². The molecule has 0 unspecified atom stereocenters. The van der Waals surface area contributed by atoms with Gasteiger partial charge in [-0.05, 0) is 38.5 Å². The molecule has 2 aliphatic carbocycles. The molecular formula is C16H23N3O. The highest BCUT2D eigenvalue weighted by atomic mass is 16.2. The number of likely N-dealkylation sites (tertiary alicyclic amines) is 1. The monoisotopic (exact) mass is 273 g/mol. The molecular weight excluding hydrogens is 250 g/mol. The molecule has 0 bridgehead atoms. The van der Waals surface area contributed by atoms with Crippen LogP contribution in [-0.2, 0) is 4.79 Å². The first-order chi connectivity index (χ1) is 9.51. The summed E-state index contributed by atoms with van der Waals surface area (Å²) >= 11 is 0. The summed E-state index contributed by atoms with van der Waals surface area (Å²) in [6.07, 6.45) is 6.02. The molecule has 3 fully saturated rings. The summed E-state index contributed by atoms with van der Waals surface area (Å²) < 4.78 is 0. The molecule has 2 saturated carbocycles. The van der Waals surface area contributed by atoms with Gasteiger partial charge in [0.25, 0.3) is 0 Å². The zero-order valence-electron chi connectivity index (χ0n) is 12.1. The zero-order valence-corrected chi connectivity index (χ0v) is 12.1. The molecule has 4 heteroatoms. The number of carbonyl (C=O) groups is 1. The maximum atomic E-state index is 12.9. The van der Waals surface area contributed by atoms with E-state index in [0.29, 0.717) is 5.92 Å². The standard InChI is InChI=1S/C16H23N3O/c1-10(2)16(5-3-4-6-16)14(18)15(20)19-12(9-17)7-11-8-13(11)19/h11-14H,1,3-8,18H2,2H3/t11-,12+,13+,14-/m1/s1. The van der Waals surface area contributed by atoms with Crippen LogP contribution >= 0.6 is 0 Å². The van der Waals surface area contributed by atoms with Gasteiger partial charge in [-0.25, -0.2) is 0 Å². The Hall–Kier alpha value is -1.34. The first-order valence-corrected chi connectivity index (χ1v) is 7.64. The molecule has 0 aromatic rings. The van der Waals surface area contributed by atoms with Crippen molar-refractivity contribution in [2.45, 2.75) is 63.6 Å². The lowest BCUT2D eigenvalue weighted by Gasteiger charge is -2.38. The molecule has 1 aliphatic heterocycles. The predicted molar refractivity (Wildman–Crippen MR) is 76.4 cm³/mol. The van der Waals surface area contributed by atoms with Crippen LogP contribution in [0.1, 0.15) is 45.4 Å². The van der Waals surface area contributed by atoms with E-state index in [1.807, 2.05) is 6.92 Å². The normalized spacial score (nSPS) is 35.2. The van der Waals surface area contributed by atoms with Crippen molar-refractivity contribution in [2.24, 2.45) is 17.1 Å². The van der Waals surface area contributed by atoms with Crippen LogP contribution in [0.25, 0.3) is 0 Å². The number of rotatable bonds is 3. The summed E-state index contributed by atoms with van der Waals surface area (Å²) in [5.41, 5.74) is 7.15. The number of nitriles is 1. The van der Waals surface area contributed by atoms with Crippen molar-refractivity contribution < 1.29 is 4.79 Å². The largest absolute Gasteiger partial charge is 0.322 e. The third-order valence-electron chi connectivity index (χ3n) is 5.71. The Morgan fingerprint density at radius 3 is 2.65 bits per heavy atom. The van der Waals surface area contributed by atoms with E-state index < -0.39 is 6.04 Å². The lowest BCUT2D eigenvalue weighted by Crippen LogP contribution is -2.54. The van der Waals surface area contributed by atoms with Crippen molar-refractivity contribution in [3.63, 3.8) is 0 Å². The van der Waals surface area contributed by atoms with Crippen LogP contribution in [0.3, 0.4) is 0 Å². The maximum Gasteiger partial charge on any atom is 0.241 e. The number of fused-ring (bicyclic) bond motifs is 1. The molecule has 0 radical (unpaired) electrons. The molecule has 0 spiro atoms. The van der Waals surface area contributed by atoms with Crippen molar-refractivity contribution in [3.8, 4) is 6.07 Å². The summed E-state index contributed by atoms with van der Waals surface area (Å²) in [6, 6.07) is 1.76. The van der Waals surface area contributed by atoms with Crippen molar-refractivity contribution in [1.82, 2.24) is 4.90 Å². The summed E-state index contributed by atoms with van der Waals surface area (Å²) in [6.45, 7) is 6.08. The molecule has 0 aromatic carbocycles. The Morgan fingerprint density at radius 2 is 2.10 bits per heavy atom. The summed E-state index contributed by atoms with van der Waals surface area (Å²) in [4.78, 5) is 14.6. The molecule has 4 atom stereocenters. The summed E-state index contributed by atoms with van der Waals surface area (Å²) in [5.74, 6) is 0.520. The first kappa shape index (κ1) is 13.6. The van der Waals surface area contributed by atoms with Gasteiger partial charge in [0.1, 0.15) is 6.04 Å². The molecule has 3 rings (SSSR count). The smallest absolute Gasteiger partial charge is 0.241 e. The van der Waals surface area contributed by atoms with E-state index in [0.717, 1.165) is 44.1 Å². The minimum Gasteiger partial charge on any atom is -0.322 e. The molecule has 1 heterocycles. The van der Waals surface area contributed by atoms with Crippen molar-refractivity contribution in [3.05, 3.63) is 12.2 Å². The number of nitrogens with two attached hydrogens (primary N) is 1. The van der Waals surface area contributed by atoms with Crippen LogP contribution < -0.4 is 5.73 Å². The Bertz CT molecular complexity index is 486. The van der Waals surface area contributed by atoms with Crippen molar-refractivity contribution >= 4 is 5.91 Å². The Balaban J connectivity index is 1.83. The highest BCUT2D eigenvalue weighted by Crippen LogP contribution is 2.50. The predicted octanol–water partition coefficient (Wildman–Crippen LogP) is 1.96. The van der Waals surface area contributed by atoms with Crippen LogP contribution in [0.15, 0.2) is 12.2 Å². The van der Waals surface area contributed by atoms with E-state index in [2.05, 4.69) is 12.6 Å². The van der Waals surface area contributed by atoms with E-state index in [1.54, 1.807) is 4.90 Å². The van der Waals surface area contributed by atoms with E-state index in [9.17, 15) is 10.1 Å². The third-order valence-corrected chi connectivity index (χ3v) is 5.71. The average molecular weight is 273 g/mol. The highest BCUT2D eigenvalue weighted by Gasteiger charge is 2.56. The van der Waals surface area contributed by atoms with Gasteiger partial charge >= 0.3 is 0 Å². The SMILES string of the molecule is C=C(C)C1([C@H](N)C(=O)N2[C@H](C#N)C[C@@H]3C[C@@H]32)CCCC1. The molecule has 1 saturated heterocycles. The van der Waals surface area contributed by atoms with Gasteiger partial charge in [-0.1, -0.05) is 25.0 Å². The number of hydrogen-bond acceptors (Lipinski definition) is 3. The van der Waals surface area contributed by atoms with Gasteiger partial charge in [0.05, 0.1) is 12.1 Å². The summed E-state index contributed by atoms with van der Waals surface area (Å²) in [7, 11) is 0. The van der Waals surface area contributed by atoms with Gasteiger partial charge in [0.2, 0.25) is 5.91 Å². The van der Waals surface area contributed by atoms with Crippen LogP contribution in [-0.4, -0.2) is 28.9 Å². The highest BCUT2D eigenvalue weighted by molar-refractivity contribution is 5.85. The van der Waals surface area contributed by atoms with Crippen LogP contribution in [0.2, 0.25) is 0 Å². The number of amides is 1. The van der Waals surface area contributed by atoms with Crippen molar-refractivity contribution in [2.75, 3.05) is 0 Å². The Kier molecular flexibility index (Phi) is 3.13. The van der Waals surface area contributed by atoms with Gasteiger partial charge < -0.3 is 10.6 Å². The quantitative estimate of drug-likeness (QED) is 0.799. The third kappa shape index (κ3) is 1.80. The number of carbonyl (C=O) groups excluding carboxylic acids is 1. The Morgan fingerprint density at radius 1 is 1.45 bits per heavy atom. The number of nitrogens with zero attached hydrogens (tertiary/aromatic N) is 2. The maximum absolute atomic E-state index is 12.9. The fourth-order valence-corrected chi connectivity index (χ4v) is 4.30. The van der Waals surface area contributed by atoms with E-state index in [1.165, 1.54) is 0 Å². The molecule has 1 amide bonds. The van der Waals surface area contributed by atoms with Crippen LogP contribution in [0, 0.1) is 22.7 Å². The van der Waals surface area contributed by atoms with E-state index in [-0.39, 0.29) is 23.4 Å². The minimum atomic E-state index is -0.530. The van der Waals surface area contributed by atoms with Gasteiger partial charge in [0.15, 0.2) is 0 Å². The molecule has 2 N–H and O–H groups in total. The topological polar surface area (TPSA) is 70.1 Å². The minimum absolute atomic E-state index is 0.0218. The lowest BCUT2D eigenvalue weighted by molar-refractivity contribution is -0.136. The first-order valence-electron chi connectivity index (χ1n) is 7.64. The number of hydrogen-bond donors (Lipinski definition) is 1. The number of piperidine rings is 1. The van der Waals surface area contributed by atoms with Gasteiger partial charge in [-0.3, -0.25) is 4.79 Å². The van der Waals surface area contributed by atoms with Crippen molar-refractivity contribution in [1.29, 1.82) is 5.26 Å². The second-order valence-corrected chi connectivity index (χ2v) is 6.81. The van der Waals surface area contributed by atoms with Gasteiger partial charge in [0, 0.05) is 11.5 Å². The summed E-state index contributed by atoms with van der Waals surface area (Å²) in [5, 5.41) is 9.24. The van der Waals surface area contributed by atoms with Crippen LogP contribution in [0.4, 0.5) is 0 Å². The fourth-order valence-electron chi connectivity index (χ4n) is 4.30. The lowest BCUT2D eigenvalue weighted by atomic mass is 9.73. The van der Waals surface area contributed by atoms with Gasteiger partial charge in [-0.2, -0.15) is 5.26 Å². The molecule has 4 nitrogen and oxygen atoms in total. The van der Waals surface area contributed by atoms with Gasteiger partial charge in [-0.15, -0.1) is 0 Å². The molecule has 0 aromatic heterocycles. The second kappa shape index (κ2) is 4.60. The average Bonchev–Trinajstić information content (AvgIpc) is 2.91. The zero-order chi connectivity index (χ0) is 14.5. The Labute approximate surface area is 120 Å². The van der Waals surface area contributed by atoms with Crippen LogP contribution in [0.5, 0.6) is 0 Å². The van der Waals surface area contributed by atoms with E-state index >= 15 is 0 Å². The second-order valence-electron chi connectivity index (χ2n) is 6.81.